The van der Waals surface area contributed by atoms with Crippen molar-refractivity contribution in [3.63, 3.8) is 0 Å². The van der Waals surface area contributed by atoms with Crippen LogP contribution in [0.2, 0.25) is 0 Å². The number of carbonyl (C=O) groups excluding carboxylic acids is 6. The summed E-state index contributed by atoms with van der Waals surface area (Å²) in [5.41, 5.74) is 1.17. The van der Waals surface area contributed by atoms with Gasteiger partial charge in [-0.1, -0.05) is 64.8 Å². The monoisotopic (exact) mass is 660 g/mol. The van der Waals surface area contributed by atoms with Gasteiger partial charge in [-0.25, -0.2) is 0 Å². The van der Waals surface area contributed by atoms with Gasteiger partial charge in [0.2, 0.25) is 11.8 Å². The molecule has 4 atom stereocenters. The molecule has 1 fully saturated rings. The van der Waals surface area contributed by atoms with Gasteiger partial charge in [0.25, 0.3) is 23.6 Å². The van der Waals surface area contributed by atoms with Gasteiger partial charge in [0.15, 0.2) is 0 Å². The van der Waals surface area contributed by atoms with Crippen molar-refractivity contribution in [2.75, 3.05) is 52.6 Å². The van der Waals surface area contributed by atoms with Crippen molar-refractivity contribution in [1.82, 2.24) is 19.6 Å². The summed E-state index contributed by atoms with van der Waals surface area (Å²) in [6.07, 6.45) is 1.15. The van der Waals surface area contributed by atoms with Gasteiger partial charge in [-0.3, -0.25) is 38.6 Å². The van der Waals surface area contributed by atoms with Crippen LogP contribution in [0.5, 0.6) is 0 Å². The molecule has 0 N–H and O–H groups in total. The highest BCUT2D eigenvalue weighted by molar-refractivity contribution is 6.23. The normalized spacial score (nSPS) is 20.1. The van der Waals surface area contributed by atoms with Crippen LogP contribution in [0.3, 0.4) is 0 Å². The van der Waals surface area contributed by atoms with E-state index in [0.29, 0.717) is 35.1 Å². The third-order valence-electron chi connectivity index (χ3n) is 9.72. The van der Waals surface area contributed by atoms with E-state index in [-0.39, 0.29) is 76.3 Å². The Balaban J connectivity index is 1.26. The highest BCUT2D eigenvalue weighted by Gasteiger charge is 2.47. The van der Waals surface area contributed by atoms with Crippen molar-refractivity contribution < 1.29 is 38.2 Å². The lowest BCUT2D eigenvalue weighted by molar-refractivity contribution is -0.140. The van der Waals surface area contributed by atoms with Crippen molar-refractivity contribution in [3.8, 4) is 0 Å². The van der Waals surface area contributed by atoms with Crippen molar-refractivity contribution in [2.45, 2.75) is 52.6 Å². The fourth-order valence-electron chi connectivity index (χ4n) is 6.53. The Morgan fingerprint density at radius 1 is 0.562 bits per heavy atom. The zero-order valence-electron chi connectivity index (χ0n) is 28.1. The number of nitrogens with zero attached hydrogens (tertiary/aromatic N) is 4. The first-order valence-corrected chi connectivity index (χ1v) is 16.8. The quantitative estimate of drug-likeness (QED) is 0.395. The first kappa shape index (κ1) is 34.9. The maximum absolute atomic E-state index is 14.1. The second kappa shape index (κ2) is 15.2. The summed E-state index contributed by atoms with van der Waals surface area (Å²) in [7, 11) is 0. The van der Waals surface area contributed by atoms with Crippen molar-refractivity contribution >= 4 is 35.4 Å². The van der Waals surface area contributed by atoms with Crippen LogP contribution in [-0.2, 0) is 19.1 Å². The summed E-state index contributed by atoms with van der Waals surface area (Å²) in [6, 6.07) is 11.2. The Labute approximate surface area is 280 Å². The number of carbonyl (C=O) groups is 6. The Bertz CT molecular complexity index is 1380. The summed E-state index contributed by atoms with van der Waals surface area (Å²) in [6.45, 7) is 8.91. The molecule has 5 rings (SSSR count). The Hall–Kier alpha value is -4.42. The number of fused-ring (bicyclic) bond motifs is 2. The lowest BCUT2D eigenvalue weighted by Gasteiger charge is -2.36. The maximum atomic E-state index is 14.1. The molecule has 2 aromatic carbocycles. The molecule has 256 valence electrons. The number of rotatable bonds is 8. The van der Waals surface area contributed by atoms with Crippen LogP contribution >= 0.6 is 0 Å². The summed E-state index contributed by atoms with van der Waals surface area (Å²) in [5, 5.41) is 0. The molecule has 6 amide bonds. The first-order chi connectivity index (χ1) is 23.1. The van der Waals surface area contributed by atoms with Gasteiger partial charge in [0, 0.05) is 26.2 Å². The highest BCUT2D eigenvalue weighted by atomic mass is 16.5. The van der Waals surface area contributed by atoms with E-state index in [9.17, 15) is 28.8 Å². The molecule has 0 saturated carbocycles. The van der Waals surface area contributed by atoms with E-state index >= 15 is 0 Å². The van der Waals surface area contributed by atoms with Gasteiger partial charge in [0.1, 0.15) is 12.1 Å². The van der Waals surface area contributed by atoms with E-state index in [2.05, 4.69) is 0 Å². The molecular formula is C36H44N4O8. The summed E-state index contributed by atoms with van der Waals surface area (Å²) in [5.74, 6) is -3.17. The predicted octanol–water partition coefficient (Wildman–Crippen LogP) is 3.11. The lowest BCUT2D eigenvalue weighted by Crippen LogP contribution is -2.55. The summed E-state index contributed by atoms with van der Waals surface area (Å²) < 4.78 is 11.8. The van der Waals surface area contributed by atoms with Crippen molar-refractivity contribution in [1.29, 1.82) is 0 Å². The topological polar surface area (TPSA) is 134 Å². The van der Waals surface area contributed by atoms with Crippen LogP contribution in [0.4, 0.5) is 0 Å². The zero-order chi connectivity index (χ0) is 34.5. The number of ether oxygens (including phenoxy) is 2. The van der Waals surface area contributed by atoms with Crippen LogP contribution in [0.25, 0.3) is 0 Å². The van der Waals surface area contributed by atoms with E-state index in [4.69, 9.17) is 9.47 Å². The number of hydrogen-bond donors (Lipinski definition) is 0. The number of amides is 6. The number of hydrogen-bond acceptors (Lipinski definition) is 8. The van der Waals surface area contributed by atoms with Gasteiger partial charge < -0.3 is 19.3 Å². The van der Waals surface area contributed by atoms with Crippen LogP contribution in [-0.4, -0.2) is 120 Å². The minimum atomic E-state index is -0.983. The molecule has 3 aliphatic rings. The second-order valence-corrected chi connectivity index (χ2v) is 12.6. The first-order valence-electron chi connectivity index (χ1n) is 16.8. The molecule has 0 unspecified atom stereocenters. The van der Waals surface area contributed by atoms with Crippen LogP contribution in [0, 0.1) is 11.8 Å². The second-order valence-electron chi connectivity index (χ2n) is 12.6. The van der Waals surface area contributed by atoms with Gasteiger partial charge in [-0.2, -0.15) is 0 Å². The lowest BCUT2D eigenvalue weighted by atomic mass is 9.96. The number of imide groups is 2. The third-order valence-corrected chi connectivity index (χ3v) is 9.72. The maximum Gasteiger partial charge on any atom is 0.262 e. The summed E-state index contributed by atoms with van der Waals surface area (Å²) >= 11 is 0. The van der Waals surface area contributed by atoms with Gasteiger partial charge in [-0.15, -0.1) is 0 Å². The standard InChI is InChI=1S/C36H44N4O8/c1-5-23(3)29(39-31(41)25-11-7-8-12-26(25)32(39)42)35(45)37-15-19-47-21-17-38(18-22-48-20-16-37)36(46)30(24(4)6-2)40-33(43)27-13-9-10-14-28(27)34(40)44/h7-14,23-24,29-30H,5-6,15-22H2,1-4H3/t23-,24-,29+,30+/m0/s1. The fourth-order valence-corrected chi connectivity index (χ4v) is 6.53. The van der Waals surface area contributed by atoms with E-state index < -0.39 is 35.7 Å². The molecule has 0 spiro atoms. The summed E-state index contributed by atoms with van der Waals surface area (Å²) in [4.78, 5) is 86.9. The molecule has 1 saturated heterocycles. The highest BCUT2D eigenvalue weighted by Crippen LogP contribution is 2.31. The van der Waals surface area contributed by atoms with E-state index in [0.717, 1.165) is 9.80 Å². The molecule has 0 radical (unpaired) electrons. The fraction of sp³-hybridized carbons (Fsp3) is 0.500. The minimum absolute atomic E-state index is 0.149. The van der Waals surface area contributed by atoms with Gasteiger partial charge >= 0.3 is 0 Å². The zero-order valence-corrected chi connectivity index (χ0v) is 28.1. The average Bonchev–Trinajstić information content (AvgIpc) is 3.49. The Kier molecular flexibility index (Phi) is 11.1. The van der Waals surface area contributed by atoms with Crippen molar-refractivity contribution in [2.24, 2.45) is 11.8 Å². The molecule has 3 heterocycles. The molecule has 0 aromatic heterocycles. The predicted molar refractivity (Wildman–Crippen MR) is 175 cm³/mol. The Morgan fingerprint density at radius 3 is 1.08 bits per heavy atom. The molecule has 12 nitrogen and oxygen atoms in total. The van der Waals surface area contributed by atoms with Crippen molar-refractivity contribution in [3.05, 3.63) is 70.8 Å². The van der Waals surface area contributed by atoms with E-state index in [1.54, 1.807) is 58.3 Å². The van der Waals surface area contributed by atoms with Crippen LogP contribution in [0.1, 0.15) is 82.0 Å². The van der Waals surface area contributed by atoms with E-state index in [1.807, 2.05) is 27.7 Å². The number of benzene rings is 2. The molecule has 0 bridgehead atoms. The molecule has 3 aliphatic heterocycles. The molecule has 2 aromatic rings. The van der Waals surface area contributed by atoms with E-state index in [1.165, 1.54) is 0 Å². The van der Waals surface area contributed by atoms with Crippen LogP contribution < -0.4 is 0 Å². The third kappa shape index (κ3) is 6.64. The Morgan fingerprint density at radius 2 is 0.833 bits per heavy atom. The molecular weight excluding hydrogens is 616 g/mol. The smallest absolute Gasteiger partial charge is 0.262 e. The van der Waals surface area contributed by atoms with Gasteiger partial charge in [-0.05, 0) is 36.1 Å². The van der Waals surface area contributed by atoms with Crippen LogP contribution in [0.15, 0.2) is 48.5 Å². The average molecular weight is 661 g/mol. The molecule has 0 aliphatic carbocycles. The molecule has 48 heavy (non-hydrogen) atoms. The largest absolute Gasteiger partial charge is 0.378 e. The molecule has 12 heteroatoms. The SMILES string of the molecule is CC[C@H](C)[C@H](C(=O)N1CCOCCN(C(=O)[C@@H]([C@@H](C)CC)N2C(=O)c3ccccc3C2=O)CCOCC1)N1C(=O)c2ccccc2C1=O. The minimum Gasteiger partial charge on any atom is -0.378 e. The van der Waals surface area contributed by atoms with Gasteiger partial charge in [0.05, 0.1) is 48.7 Å².